The Labute approximate surface area is 359 Å². The van der Waals surface area contributed by atoms with Gasteiger partial charge in [0.15, 0.2) is 25.2 Å². The molecule has 23 nitrogen and oxygen atoms in total. The van der Waals surface area contributed by atoms with Crippen LogP contribution in [0.25, 0.3) is 0 Å². The van der Waals surface area contributed by atoms with Gasteiger partial charge in [-0.1, -0.05) is 51.9 Å². The van der Waals surface area contributed by atoms with Crippen LogP contribution >= 0.6 is 0 Å². The number of aliphatic carboxylic acids is 1. The monoisotopic (exact) mass is 906 g/mol. The van der Waals surface area contributed by atoms with Crippen molar-refractivity contribution in [2.24, 2.45) is 0 Å². The molecule has 4 heterocycles. The fourth-order valence-corrected chi connectivity index (χ4v) is 8.12. The summed E-state index contributed by atoms with van der Waals surface area (Å²) in [6, 6.07) is 0. The molecule has 0 spiro atoms. The van der Waals surface area contributed by atoms with Gasteiger partial charge in [-0.25, -0.2) is 0 Å². The summed E-state index contributed by atoms with van der Waals surface area (Å²) >= 11 is 0. The topological polar surface area (TPSA) is 374 Å². The van der Waals surface area contributed by atoms with Crippen molar-refractivity contribution in [1.82, 2.24) is 0 Å². The molecule has 23 heteroatoms. The first-order chi connectivity index (χ1) is 29.5. The van der Waals surface area contributed by atoms with Gasteiger partial charge in [-0.05, 0) is 26.2 Å². The largest absolute Gasteiger partial charge is 0.481 e. The van der Waals surface area contributed by atoms with Crippen LogP contribution in [0.5, 0.6) is 0 Å². The third-order valence-corrected chi connectivity index (χ3v) is 11.8. The highest BCUT2D eigenvalue weighted by Gasteiger charge is 2.55. The molecular weight excluding hydrogens is 836 g/mol. The van der Waals surface area contributed by atoms with Crippen molar-refractivity contribution in [2.45, 2.75) is 220 Å². The standard InChI is InChI=1S/C39H70O23/c1-3-10-19(12-9-7-5-4-6-8-11-18(43)13-23(44)45)56-38-31(53)34(26(48)21(15-41)58-38)62-39-32(54)35(27(49)22(16-42)59-39)61-37-30(52)33(24(46)17(2)55-37)60-36-29(51)28(50)25(47)20(14-40)57-36/h17-22,24-43,46-54H,3-16H2,1-2H3,(H,44,45)/t17-,18-,19+,20-,21+,22-,24-,25-,26+,27-,28+,29-,30-,31+,32-,33+,34-,35+,36+,37+,38+,39+/m0/s1. The van der Waals surface area contributed by atoms with Gasteiger partial charge in [-0.2, -0.15) is 0 Å². The van der Waals surface area contributed by atoms with Crippen molar-refractivity contribution in [3.05, 3.63) is 0 Å². The SMILES string of the molecule is CCC[C@H](CCCCCCCC[C@H](O)CC(=O)O)O[C@@H]1O[C@H](CO)[C@@H](O)[C@H](O[C@H]2O[C@@H](CO)[C@H](O)[C@@H](O[C@H]3O[C@@H](C)[C@H](O)[C@@H](O[C@H]4O[C@@H](CO)[C@H](O)[C@@H](O)[C@@H]4O)[C@@H]3O)[C@@H]2O)[C@H]1O. The van der Waals surface area contributed by atoms with Crippen molar-refractivity contribution in [3.63, 3.8) is 0 Å². The van der Waals surface area contributed by atoms with Crippen LogP contribution in [0.3, 0.4) is 0 Å². The molecule has 4 aliphatic heterocycles. The molecule has 0 aromatic rings. The summed E-state index contributed by atoms with van der Waals surface area (Å²) in [6.07, 6.45) is -28.1. The Balaban J connectivity index is 1.39. The number of hydrogen-bond acceptors (Lipinski definition) is 22. The van der Waals surface area contributed by atoms with Gasteiger partial charge in [-0.15, -0.1) is 0 Å². The van der Waals surface area contributed by atoms with E-state index in [2.05, 4.69) is 0 Å². The van der Waals surface area contributed by atoms with Crippen molar-refractivity contribution < 1.29 is 114 Å². The number of rotatable bonds is 24. The van der Waals surface area contributed by atoms with Gasteiger partial charge >= 0.3 is 5.97 Å². The van der Waals surface area contributed by atoms with Gasteiger partial charge in [-0.3, -0.25) is 4.79 Å². The lowest BCUT2D eigenvalue weighted by Crippen LogP contribution is -2.67. The lowest BCUT2D eigenvalue weighted by atomic mass is 9.95. The van der Waals surface area contributed by atoms with E-state index in [0.717, 1.165) is 32.1 Å². The van der Waals surface area contributed by atoms with Crippen LogP contribution in [-0.2, 0) is 42.7 Å². The summed E-state index contributed by atoms with van der Waals surface area (Å²) < 4.78 is 46.0. The van der Waals surface area contributed by atoms with E-state index in [1.54, 1.807) is 0 Å². The molecule has 0 saturated carbocycles. The molecule has 0 aromatic heterocycles. The number of aliphatic hydroxyl groups is 13. The maximum atomic E-state index is 11.5. The van der Waals surface area contributed by atoms with Gasteiger partial charge in [0.2, 0.25) is 0 Å². The summed E-state index contributed by atoms with van der Waals surface area (Å²) in [4.78, 5) is 10.7. The van der Waals surface area contributed by atoms with E-state index in [4.69, 9.17) is 43.0 Å². The second-order valence-electron chi connectivity index (χ2n) is 16.6. The summed E-state index contributed by atoms with van der Waals surface area (Å²) in [7, 11) is 0. The van der Waals surface area contributed by atoms with E-state index < -0.39 is 161 Å². The predicted octanol–water partition coefficient (Wildman–Crippen LogP) is -4.57. The average molecular weight is 907 g/mol. The summed E-state index contributed by atoms with van der Waals surface area (Å²) in [5, 5.41) is 147. The summed E-state index contributed by atoms with van der Waals surface area (Å²) in [6.45, 7) is 0.922. The van der Waals surface area contributed by atoms with Crippen LogP contribution in [-0.4, -0.2) is 232 Å². The highest BCUT2D eigenvalue weighted by atomic mass is 16.8. The third kappa shape index (κ3) is 13.8. The molecule has 62 heavy (non-hydrogen) atoms. The number of hydrogen-bond donors (Lipinski definition) is 14. The quantitative estimate of drug-likeness (QED) is 0.0405. The normalized spacial score (nSPS) is 42.7. The first kappa shape index (κ1) is 53.2. The average Bonchev–Trinajstić information content (AvgIpc) is 3.23. The number of aliphatic hydroxyl groups excluding tert-OH is 13. The van der Waals surface area contributed by atoms with Crippen LogP contribution in [0.15, 0.2) is 0 Å². The van der Waals surface area contributed by atoms with E-state index >= 15 is 0 Å². The second-order valence-corrected chi connectivity index (χ2v) is 16.6. The highest BCUT2D eigenvalue weighted by molar-refractivity contribution is 5.67. The van der Waals surface area contributed by atoms with Gasteiger partial charge in [0.1, 0.15) is 91.6 Å². The fraction of sp³-hybridized carbons (Fsp3) is 0.974. The van der Waals surface area contributed by atoms with Crippen molar-refractivity contribution in [2.75, 3.05) is 19.8 Å². The van der Waals surface area contributed by atoms with E-state index in [1.807, 2.05) is 6.92 Å². The number of carboxylic acids is 1. The minimum absolute atomic E-state index is 0.280. The van der Waals surface area contributed by atoms with E-state index in [9.17, 15) is 71.2 Å². The van der Waals surface area contributed by atoms with Gasteiger partial charge in [0.05, 0.1) is 44.6 Å². The Bertz CT molecular complexity index is 1290. The third-order valence-electron chi connectivity index (χ3n) is 11.8. The molecule has 22 atom stereocenters. The zero-order chi connectivity index (χ0) is 45.8. The van der Waals surface area contributed by atoms with Gasteiger partial charge in [0.25, 0.3) is 0 Å². The minimum atomic E-state index is -1.99. The fourth-order valence-electron chi connectivity index (χ4n) is 8.12. The smallest absolute Gasteiger partial charge is 0.305 e. The first-order valence-electron chi connectivity index (χ1n) is 21.6. The predicted molar refractivity (Wildman–Crippen MR) is 205 cm³/mol. The van der Waals surface area contributed by atoms with Gasteiger partial charge < -0.3 is 109 Å². The Morgan fingerprint density at radius 3 is 1.44 bits per heavy atom. The minimum Gasteiger partial charge on any atom is -0.481 e. The summed E-state index contributed by atoms with van der Waals surface area (Å²) in [5.74, 6) is -1.04. The van der Waals surface area contributed by atoms with Crippen LogP contribution in [0, 0.1) is 0 Å². The lowest BCUT2D eigenvalue weighted by Gasteiger charge is -2.49. The number of ether oxygens (including phenoxy) is 8. The number of carboxylic acid groups (broad SMARTS) is 1. The Morgan fingerprint density at radius 1 is 0.516 bits per heavy atom. The molecule has 4 fully saturated rings. The number of carbonyl (C=O) groups is 1. The molecule has 364 valence electrons. The molecule has 0 amide bonds. The van der Waals surface area contributed by atoms with Crippen LogP contribution in [0.1, 0.15) is 84.5 Å². The van der Waals surface area contributed by atoms with E-state index in [0.29, 0.717) is 32.1 Å². The van der Waals surface area contributed by atoms with Crippen LogP contribution < -0.4 is 0 Å². The molecular formula is C39H70O23. The Kier molecular flexibility index (Phi) is 21.9. The van der Waals surface area contributed by atoms with Gasteiger partial charge in [0, 0.05) is 0 Å². The second kappa shape index (κ2) is 25.5. The molecule has 0 radical (unpaired) electrons. The Morgan fingerprint density at radius 2 is 0.935 bits per heavy atom. The Hall–Kier alpha value is -1.37. The van der Waals surface area contributed by atoms with Crippen molar-refractivity contribution in [3.8, 4) is 0 Å². The van der Waals surface area contributed by atoms with E-state index in [1.165, 1.54) is 6.92 Å². The molecule has 4 aliphatic rings. The van der Waals surface area contributed by atoms with Crippen LogP contribution in [0.4, 0.5) is 0 Å². The van der Waals surface area contributed by atoms with E-state index in [-0.39, 0.29) is 6.42 Å². The maximum Gasteiger partial charge on any atom is 0.305 e. The lowest BCUT2D eigenvalue weighted by molar-refractivity contribution is -0.389. The van der Waals surface area contributed by atoms with Crippen molar-refractivity contribution in [1.29, 1.82) is 0 Å². The molecule has 4 saturated heterocycles. The van der Waals surface area contributed by atoms with Crippen LogP contribution in [0.2, 0.25) is 0 Å². The maximum absolute atomic E-state index is 11.5. The van der Waals surface area contributed by atoms with Crippen molar-refractivity contribution >= 4 is 5.97 Å². The summed E-state index contributed by atoms with van der Waals surface area (Å²) in [5.41, 5.74) is 0. The molecule has 0 unspecified atom stereocenters. The zero-order valence-electron chi connectivity index (χ0n) is 35.0. The molecule has 0 aromatic carbocycles. The molecule has 14 N–H and O–H groups in total. The highest BCUT2D eigenvalue weighted by Crippen LogP contribution is 2.35. The molecule has 4 rings (SSSR count). The number of unbranched alkanes of at least 4 members (excludes halogenated alkanes) is 5. The first-order valence-corrected chi connectivity index (χ1v) is 21.6. The molecule has 0 bridgehead atoms. The zero-order valence-corrected chi connectivity index (χ0v) is 35.0. The molecule has 0 aliphatic carbocycles.